The van der Waals surface area contributed by atoms with Gasteiger partial charge in [-0.05, 0) is 17.5 Å². The van der Waals surface area contributed by atoms with Crippen molar-refractivity contribution in [2.45, 2.75) is 25.9 Å². The second kappa shape index (κ2) is 4.71. The number of rotatable bonds is 3. The number of benzene rings is 1. The molecule has 0 aliphatic carbocycles. The number of carboxylic acid groups (broad SMARTS) is 1. The Balaban J connectivity index is 2.37. The second-order valence-corrected chi connectivity index (χ2v) is 4.05. The lowest BCUT2D eigenvalue weighted by molar-refractivity contribution is -0.137. The van der Waals surface area contributed by atoms with Gasteiger partial charge >= 0.3 is 5.97 Å². The fraction of sp³-hybridized carbons (Fsp3) is 0.417. The third kappa shape index (κ3) is 2.39. The highest BCUT2D eigenvalue weighted by Gasteiger charge is 2.23. The standard InChI is InChI=1S/C12H13FO4/c1-7(4-11(14)15)8-2-3-10(13)9-5-16-6-17-12(8)9/h2-3,7H,4-6H2,1H3,(H,14,15). The van der Waals surface area contributed by atoms with E-state index in [0.29, 0.717) is 16.9 Å². The highest BCUT2D eigenvalue weighted by atomic mass is 19.1. The van der Waals surface area contributed by atoms with E-state index in [1.165, 1.54) is 6.07 Å². The smallest absolute Gasteiger partial charge is 0.303 e. The fourth-order valence-electron chi connectivity index (χ4n) is 1.93. The number of aliphatic carboxylic acids is 1. The van der Waals surface area contributed by atoms with Gasteiger partial charge in [0.15, 0.2) is 6.79 Å². The molecule has 1 aliphatic rings. The van der Waals surface area contributed by atoms with E-state index >= 15 is 0 Å². The number of hydrogen-bond acceptors (Lipinski definition) is 3. The molecule has 0 amide bonds. The molecule has 0 fully saturated rings. The number of halogens is 1. The van der Waals surface area contributed by atoms with Crippen LogP contribution in [0.5, 0.6) is 5.75 Å². The molecule has 1 atom stereocenters. The molecule has 1 aromatic carbocycles. The summed E-state index contributed by atoms with van der Waals surface area (Å²) in [6.07, 6.45) is -0.0116. The molecule has 92 valence electrons. The van der Waals surface area contributed by atoms with Gasteiger partial charge in [-0.15, -0.1) is 0 Å². The van der Waals surface area contributed by atoms with Crippen molar-refractivity contribution in [3.05, 3.63) is 29.1 Å². The SMILES string of the molecule is CC(CC(=O)O)c1ccc(F)c2c1OCOC2. The number of ether oxygens (including phenoxy) is 2. The van der Waals surface area contributed by atoms with E-state index in [1.54, 1.807) is 13.0 Å². The first kappa shape index (κ1) is 11.9. The van der Waals surface area contributed by atoms with Crippen LogP contribution in [0.15, 0.2) is 12.1 Å². The van der Waals surface area contributed by atoms with Crippen molar-refractivity contribution in [3.8, 4) is 5.75 Å². The Morgan fingerprint density at radius 3 is 3.06 bits per heavy atom. The van der Waals surface area contributed by atoms with Crippen LogP contribution in [0.1, 0.15) is 30.4 Å². The van der Waals surface area contributed by atoms with Crippen LogP contribution in [-0.2, 0) is 16.1 Å². The van der Waals surface area contributed by atoms with Crippen molar-refractivity contribution in [2.24, 2.45) is 0 Å². The van der Waals surface area contributed by atoms with Gasteiger partial charge in [0.1, 0.15) is 11.6 Å². The third-order valence-corrected chi connectivity index (χ3v) is 2.78. The molecule has 0 bridgehead atoms. The summed E-state index contributed by atoms with van der Waals surface area (Å²) in [5.41, 5.74) is 1.08. The van der Waals surface area contributed by atoms with Crippen molar-refractivity contribution < 1.29 is 23.8 Å². The molecule has 1 aliphatic heterocycles. The van der Waals surface area contributed by atoms with E-state index in [2.05, 4.69) is 0 Å². The van der Waals surface area contributed by atoms with Crippen LogP contribution in [-0.4, -0.2) is 17.9 Å². The maximum absolute atomic E-state index is 13.5. The van der Waals surface area contributed by atoms with Crippen LogP contribution in [0.3, 0.4) is 0 Å². The van der Waals surface area contributed by atoms with E-state index in [1.807, 2.05) is 0 Å². The zero-order valence-electron chi connectivity index (χ0n) is 9.40. The molecule has 5 heteroatoms. The first-order valence-corrected chi connectivity index (χ1v) is 5.33. The molecule has 0 saturated heterocycles. The molecule has 0 spiro atoms. The van der Waals surface area contributed by atoms with E-state index in [-0.39, 0.29) is 31.6 Å². The Morgan fingerprint density at radius 1 is 1.59 bits per heavy atom. The predicted octanol–water partition coefficient (Wildman–Crippen LogP) is 2.27. The number of fused-ring (bicyclic) bond motifs is 1. The van der Waals surface area contributed by atoms with Crippen LogP contribution in [0.25, 0.3) is 0 Å². The average Bonchev–Trinajstić information content (AvgIpc) is 2.29. The summed E-state index contributed by atoms with van der Waals surface area (Å²) in [5, 5.41) is 8.76. The molecule has 0 radical (unpaired) electrons. The lowest BCUT2D eigenvalue weighted by Crippen LogP contribution is -2.16. The zero-order chi connectivity index (χ0) is 12.4. The van der Waals surface area contributed by atoms with Gasteiger partial charge in [-0.2, -0.15) is 0 Å². The maximum atomic E-state index is 13.5. The summed E-state index contributed by atoms with van der Waals surface area (Å²) in [5.74, 6) is -1.06. The molecule has 1 N–H and O–H groups in total. The minimum absolute atomic E-state index is 0.0116. The Hall–Kier alpha value is -1.62. The minimum Gasteiger partial charge on any atom is -0.481 e. The average molecular weight is 240 g/mol. The van der Waals surface area contributed by atoms with Crippen molar-refractivity contribution in [1.82, 2.24) is 0 Å². The molecule has 1 aromatic rings. The molecular formula is C12H13FO4. The summed E-state index contributed by atoms with van der Waals surface area (Å²) in [4.78, 5) is 10.7. The minimum atomic E-state index is -0.886. The summed E-state index contributed by atoms with van der Waals surface area (Å²) >= 11 is 0. The highest BCUT2D eigenvalue weighted by Crippen LogP contribution is 2.35. The van der Waals surface area contributed by atoms with Crippen molar-refractivity contribution in [1.29, 1.82) is 0 Å². The van der Waals surface area contributed by atoms with Gasteiger partial charge in [0, 0.05) is 0 Å². The van der Waals surface area contributed by atoms with E-state index in [9.17, 15) is 9.18 Å². The molecule has 2 rings (SSSR count). The quantitative estimate of drug-likeness (QED) is 0.880. The summed E-state index contributed by atoms with van der Waals surface area (Å²) in [6.45, 7) is 2.01. The summed E-state index contributed by atoms with van der Waals surface area (Å²) < 4.78 is 23.8. The Morgan fingerprint density at radius 2 is 2.35 bits per heavy atom. The van der Waals surface area contributed by atoms with E-state index < -0.39 is 5.97 Å². The van der Waals surface area contributed by atoms with E-state index in [4.69, 9.17) is 14.6 Å². The number of carboxylic acids is 1. The molecule has 4 nitrogen and oxygen atoms in total. The third-order valence-electron chi connectivity index (χ3n) is 2.78. The Kier molecular flexibility index (Phi) is 3.28. The molecule has 17 heavy (non-hydrogen) atoms. The zero-order valence-corrected chi connectivity index (χ0v) is 9.40. The largest absolute Gasteiger partial charge is 0.481 e. The van der Waals surface area contributed by atoms with Gasteiger partial charge in [0.2, 0.25) is 0 Å². The molecule has 1 heterocycles. The van der Waals surface area contributed by atoms with Gasteiger partial charge in [0.25, 0.3) is 0 Å². The summed E-state index contributed by atoms with van der Waals surface area (Å²) in [7, 11) is 0. The first-order chi connectivity index (χ1) is 8.09. The van der Waals surface area contributed by atoms with Crippen molar-refractivity contribution >= 4 is 5.97 Å². The molecule has 1 unspecified atom stereocenters. The van der Waals surface area contributed by atoms with Crippen LogP contribution < -0.4 is 4.74 Å². The van der Waals surface area contributed by atoms with Gasteiger partial charge in [0.05, 0.1) is 18.6 Å². The number of hydrogen-bond donors (Lipinski definition) is 1. The van der Waals surface area contributed by atoms with Gasteiger partial charge < -0.3 is 14.6 Å². The van der Waals surface area contributed by atoms with Crippen LogP contribution in [0, 0.1) is 5.82 Å². The molecule has 0 aromatic heterocycles. The fourth-order valence-corrected chi connectivity index (χ4v) is 1.93. The van der Waals surface area contributed by atoms with Gasteiger partial charge in [-0.25, -0.2) is 4.39 Å². The predicted molar refractivity (Wildman–Crippen MR) is 57.4 cm³/mol. The lowest BCUT2D eigenvalue weighted by atomic mass is 9.94. The summed E-state index contributed by atoms with van der Waals surface area (Å²) in [6, 6.07) is 2.90. The van der Waals surface area contributed by atoms with Crippen LogP contribution in [0.2, 0.25) is 0 Å². The maximum Gasteiger partial charge on any atom is 0.303 e. The lowest BCUT2D eigenvalue weighted by Gasteiger charge is -2.23. The van der Waals surface area contributed by atoms with Crippen molar-refractivity contribution in [2.75, 3.05) is 6.79 Å². The first-order valence-electron chi connectivity index (χ1n) is 5.33. The van der Waals surface area contributed by atoms with Crippen LogP contribution >= 0.6 is 0 Å². The normalized spacial score (nSPS) is 15.9. The number of carbonyl (C=O) groups is 1. The van der Waals surface area contributed by atoms with Gasteiger partial charge in [-0.3, -0.25) is 4.79 Å². The highest BCUT2D eigenvalue weighted by molar-refractivity contribution is 5.68. The van der Waals surface area contributed by atoms with Crippen LogP contribution in [0.4, 0.5) is 4.39 Å². The molecule has 0 saturated carbocycles. The molecular weight excluding hydrogens is 227 g/mol. The Bertz CT molecular complexity index is 444. The Labute approximate surface area is 98.0 Å². The monoisotopic (exact) mass is 240 g/mol. The van der Waals surface area contributed by atoms with Gasteiger partial charge in [-0.1, -0.05) is 13.0 Å². The van der Waals surface area contributed by atoms with E-state index in [0.717, 1.165) is 0 Å². The second-order valence-electron chi connectivity index (χ2n) is 4.05. The topological polar surface area (TPSA) is 55.8 Å². The van der Waals surface area contributed by atoms with Crippen molar-refractivity contribution in [3.63, 3.8) is 0 Å².